The molecule has 0 spiro atoms. The fourth-order valence-electron chi connectivity index (χ4n) is 1.46. The molecule has 19 heavy (non-hydrogen) atoms. The van der Waals surface area contributed by atoms with E-state index in [9.17, 15) is 4.79 Å². The van der Waals surface area contributed by atoms with Crippen molar-refractivity contribution in [1.29, 1.82) is 0 Å². The van der Waals surface area contributed by atoms with Gasteiger partial charge in [-0.1, -0.05) is 6.92 Å². The molecule has 1 aromatic carbocycles. The second kappa shape index (κ2) is 8.01. The highest BCUT2D eigenvalue weighted by Crippen LogP contribution is 2.36. The summed E-state index contributed by atoms with van der Waals surface area (Å²) in [5, 5.41) is 11.8. The third kappa shape index (κ3) is 4.72. The van der Waals surface area contributed by atoms with Gasteiger partial charge in [-0.05, 0) is 40.0 Å². The topological polar surface area (TPSA) is 67.8 Å². The summed E-state index contributed by atoms with van der Waals surface area (Å²) in [7, 11) is 1.51. The number of aliphatic hydroxyl groups is 1. The maximum Gasteiger partial charge on any atom is 0.257 e. The Morgan fingerprint density at radius 2 is 2.21 bits per heavy atom. The summed E-state index contributed by atoms with van der Waals surface area (Å²) in [4.78, 5) is 11.5. The zero-order valence-corrected chi connectivity index (χ0v) is 12.6. The van der Waals surface area contributed by atoms with Crippen molar-refractivity contribution in [3.05, 3.63) is 22.2 Å². The van der Waals surface area contributed by atoms with Gasteiger partial charge in [0.2, 0.25) is 0 Å². The number of nitrogens with one attached hydrogen (secondary N) is 1. The highest BCUT2D eigenvalue weighted by atomic mass is 79.9. The van der Waals surface area contributed by atoms with Gasteiger partial charge in [0.25, 0.3) is 5.91 Å². The Hall–Kier alpha value is -1.27. The van der Waals surface area contributed by atoms with E-state index in [1.165, 1.54) is 7.11 Å². The quantitative estimate of drug-likeness (QED) is 0.800. The Morgan fingerprint density at radius 3 is 2.79 bits per heavy atom. The number of methoxy groups -OCH3 is 1. The molecule has 0 saturated carbocycles. The normalized spacial score (nSPS) is 10.1. The van der Waals surface area contributed by atoms with Crippen molar-refractivity contribution in [2.45, 2.75) is 20.0 Å². The number of halogens is 1. The van der Waals surface area contributed by atoms with Crippen LogP contribution in [0.5, 0.6) is 11.5 Å². The molecule has 0 heterocycles. The molecule has 1 rings (SSSR count). The van der Waals surface area contributed by atoms with Crippen molar-refractivity contribution in [3.8, 4) is 11.5 Å². The summed E-state index contributed by atoms with van der Waals surface area (Å²) in [6.45, 7) is 2.44. The van der Waals surface area contributed by atoms with Crippen molar-refractivity contribution in [1.82, 2.24) is 5.32 Å². The van der Waals surface area contributed by atoms with Crippen LogP contribution in [0.4, 0.5) is 0 Å². The Bertz CT molecular complexity index is 437. The second-order valence-electron chi connectivity index (χ2n) is 3.91. The first-order valence-electron chi connectivity index (χ1n) is 5.99. The lowest BCUT2D eigenvalue weighted by Gasteiger charge is -2.13. The molecular weight excluding hydrogens is 314 g/mol. The van der Waals surface area contributed by atoms with Crippen LogP contribution >= 0.6 is 15.9 Å². The smallest absolute Gasteiger partial charge is 0.257 e. The van der Waals surface area contributed by atoms with E-state index in [2.05, 4.69) is 21.2 Å². The monoisotopic (exact) mass is 331 g/mol. The first-order valence-corrected chi connectivity index (χ1v) is 6.78. The van der Waals surface area contributed by atoms with Crippen LogP contribution in [0.25, 0.3) is 0 Å². The Balaban J connectivity index is 2.74. The molecule has 0 aromatic heterocycles. The van der Waals surface area contributed by atoms with Gasteiger partial charge in [0.1, 0.15) is 0 Å². The van der Waals surface area contributed by atoms with Crippen LogP contribution in [0, 0.1) is 0 Å². The van der Waals surface area contributed by atoms with Crippen LogP contribution in [0.15, 0.2) is 16.6 Å². The van der Waals surface area contributed by atoms with Gasteiger partial charge in [0.15, 0.2) is 18.1 Å². The fraction of sp³-hybridized carbons (Fsp3) is 0.462. The number of benzene rings is 1. The number of aliphatic hydroxyl groups excluding tert-OH is 1. The van der Waals surface area contributed by atoms with E-state index in [1.807, 2.05) is 6.92 Å². The predicted octanol–water partition coefficient (Wildman–Crippen LogP) is 1.85. The van der Waals surface area contributed by atoms with Gasteiger partial charge >= 0.3 is 0 Å². The summed E-state index contributed by atoms with van der Waals surface area (Å²) in [5.41, 5.74) is 0.700. The highest BCUT2D eigenvalue weighted by molar-refractivity contribution is 9.10. The molecule has 6 heteroatoms. The van der Waals surface area contributed by atoms with Gasteiger partial charge < -0.3 is 19.9 Å². The van der Waals surface area contributed by atoms with Gasteiger partial charge in [0.05, 0.1) is 18.2 Å². The van der Waals surface area contributed by atoms with Crippen molar-refractivity contribution >= 4 is 21.8 Å². The zero-order chi connectivity index (χ0) is 14.3. The van der Waals surface area contributed by atoms with Gasteiger partial charge in [-0.15, -0.1) is 0 Å². The minimum atomic E-state index is -0.179. The zero-order valence-electron chi connectivity index (χ0n) is 11.0. The molecule has 0 aliphatic carbocycles. The van der Waals surface area contributed by atoms with Crippen molar-refractivity contribution in [2.75, 3.05) is 20.3 Å². The molecule has 0 aliphatic heterocycles. The molecule has 1 amide bonds. The Kier molecular flexibility index (Phi) is 6.66. The number of amides is 1. The summed E-state index contributed by atoms with van der Waals surface area (Å²) in [6, 6.07) is 3.39. The van der Waals surface area contributed by atoms with Crippen LogP contribution < -0.4 is 14.8 Å². The third-order valence-electron chi connectivity index (χ3n) is 2.39. The van der Waals surface area contributed by atoms with E-state index >= 15 is 0 Å². The molecule has 5 nitrogen and oxygen atoms in total. The van der Waals surface area contributed by atoms with Gasteiger partial charge in [-0.2, -0.15) is 0 Å². The van der Waals surface area contributed by atoms with Crippen LogP contribution in [-0.2, 0) is 11.4 Å². The number of ether oxygens (including phenoxy) is 2. The molecule has 1 aromatic rings. The van der Waals surface area contributed by atoms with E-state index in [1.54, 1.807) is 12.1 Å². The van der Waals surface area contributed by atoms with Crippen molar-refractivity contribution in [2.24, 2.45) is 0 Å². The van der Waals surface area contributed by atoms with Crippen LogP contribution in [0.3, 0.4) is 0 Å². The first-order chi connectivity index (χ1) is 9.12. The molecule has 0 atom stereocenters. The maximum absolute atomic E-state index is 11.5. The molecule has 0 fully saturated rings. The summed E-state index contributed by atoms with van der Waals surface area (Å²) >= 11 is 3.33. The van der Waals surface area contributed by atoms with E-state index in [4.69, 9.17) is 14.6 Å². The summed E-state index contributed by atoms with van der Waals surface area (Å²) < 4.78 is 11.3. The highest BCUT2D eigenvalue weighted by Gasteiger charge is 2.13. The lowest BCUT2D eigenvalue weighted by Crippen LogP contribution is -2.29. The average molecular weight is 332 g/mol. The van der Waals surface area contributed by atoms with E-state index < -0.39 is 0 Å². The van der Waals surface area contributed by atoms with Crippen LogP contribution in [-0.4, -0.2) is 31.3 Å². The standard InChI is InChI=1S/C13H18BrNO4/c1-3-4-15-12(17)8-19-13-10(14)5-9(7-16)6-11(13)18-2/h5-6,16H,3-4,7-8H2,1-2H3,(H,15,17). The van der Waals surface area contributed by atoms with Crippen LogP contribution in [0.2, 0.25) is 0 Å². The van der Waals surface area contributed by atoms with Gasteiger partial charge in [-0.25, -0.2) is 0 Å². The van der Waals surface area contributed by atoms with Crippen molar-refractivity contribution < 1.29 is 19.4 Å². The Labute approximate surface area is 121 Å². The van der Waals surface area contributed by atoms with E-state index in [0.717, 1.165) is 6.42 Å². The lowest BCUT2D eigenvalue weighted by atomic mass is 10.2. The van der Waals surface area contributed by atoms with Gasteiger partial charge in [0, 0.05) is 6.54 Å². The summed E-state index contributed by atoms with van der Waals surface area (Å²) in [6.07, 6.45) is 0.879. The Morgan fingerprint density at radius 1 is 1.47 bits per heavy atom. The molecular formula is C13H18BrNO4. The summed E-state index contributed by atoms with van der Waals surface area (Å²) in [5.74, 6) is 0.745. The number of carbonyl (C=O) groups is 1. The molecule has 0 bridgehead atoms. The minimum absolute atomic E-state index is 0.0760. The number of hydrogen-bond donors (Lipinski definition) is 2. The van der Waals surface area contributed by atoms with E-state index in [-0.39, 0.29) is 19.1 Å². The maximum atomic E-state index is 11.5. The minimum Gasteiger partial charge on any atom is -0.493 e. The number of rotatable bonds is 7. The first kappa shape index (κ1) is 15.8. The SMILES string of the molecule is CCCNC(=O)COc1c(Br)cc(CO)cc1OC. The lowest BCUT2D eigenvalue weighted by molar-refractivity contribution is -0.123. The molecule has 2 N–H and O–H groups in total. The predicted molar refractivity (Wildman–Crippen MR) is 75.4 cm³/mol. The largest absolute Gasteiger partial charge is 0.493 e. The molecule has 0 saturated heterocycles. The second-order valence-corrected chi connectivity index (χ2v) is 4.76. The number of carbonyl (C=O) groups excluding carboxylic acids is 1. The third-order valence-corrected chi connectivity index (χ3v) is 2.98. The van der Waals surface area contributed by atoms with Crippen molar-refractivity contribution in [3.63, 3.8) is 0 Å². The number of hydrogen-bond acceptors (Lipinski definition) is 4. The molecule has 0 unspecified atom stereocenters. The molecule has 0 aliphatic rings. The molecule has 0 radical (unpaired) electrons. The average Bonchev–Trinajstić information content (AvgIpc) is 2.42. The molecule has 106 valence electrons. The van der Waals surface area contributed by atoms with Crippen LogP contribution in [0.1, 0.15) is 18.9 Å². The van der Waals surface area contributed by atoms with E-state index in [0.29, 0.717) is 28.1 Å². The fourth-order valence-corrected chi connectivity index (χ4v) is 2.06. The van der Waals surface area contributed by atoms with Gasteiger partial charge in [-0.3, -0.25) is 4.79 Å².